The van der Waals surface area contributed by atoms with E-state index in [4.69, 9.17) is 5.21 Å². The molecule has 8 nitrogen and oxygen atoms in total. The van der Waals surface area contributed by atoms with E-state index in [2.05, 4.69) is 10.1 Å². The molecule has 2 heterocycles. The van der Waals surface area contributed by atoms with Crippen molar-refractivity contribution >= 4 is 16.9 Å². The normalized spacial score (nSPS) is 12.2. The van der Waals surface area contributed by atoms with Crippen LogP contribution in [0.25, 0.3) is 11.2 Å². The fourth-order valence-electron chi connectivity index (χ4n) is 4.24. The average Bonchev–Trinajstić information content (AvgIpc) is 3.18. The first-order valence-electron chi connectivity index (χ1n) is 12.3. The Balaban J connectivity index is 1.51. The second-order valence-corrected chi connectivity index (χ2v) is 9.01. The Morgan fingerprint density at radius 1 is 0.875 bits per heavy atom. The molecule has 0 radical (unpaired) electrons. The molecule has 2 rings (SSSR count). The van der Waals surface area contributed by atoms with E-state index in [0.717, 1.165) is 37.8 Å². The Morgan fingerprint density at radius 3 is 1.91 bits per heavy atom. The number of nitrogens with zero attached hydrogens (tertiary/aromatic N) is 5. The van der Waals surface area contributed by atoms with E-state index in [1.165, 1.54) is 66.9 Å². The Hall–Kier alpha value is -2.38. The van der Waals surface area contributed by atoms with E-state index in [1.807, 2.05) is 6.92 Å². The van der Waals surface area contributed by atoms with Gasteiger partial charge in [0.05, 0.1) is 12.0 Å². The van der Waals surface area contributed by atoms with E-state index in [-0.39, 0.29) is 11.2 Å². The van der Waals surface area contributed by atoms with E-state index < -0.39 is 0 Å². The number of oxime groups is 1. The average molecular weight is 448 g/mol. The van der Waals surface area contributed by atoms with E-state index >= 15 is 0 Å². The molecule has 8 heteroatoms. The minimum atomic E-state index is -0.282. The fraction of sp³-hybridized carbons (Fsp3) is 0.750. The van der Waals surface area contributed by atoms with Gasteiger partial charge in [-0.3, -0.25) is 13.9 Å². The van der Waals surface area contributed by atoms with Crippen molar-refractivity contribution in [2.45, 2.75) is 103 Å². The largest absolute Gasteiger partial charge is 0.411 e. The van der Waals surface area contributed by atoms with Crippen LogP contribution in [-0.4, -0.2) is 29.6 Å². The van der Waals surface area contributed by atoms with Gasteiger partial charge in [0, 0.05) is 20.6 Å². The van der Waals surface area contributed by atoms with Crippen molar-refractivity contribution in [2.24, 2.45) is 19.3 Å². The lowest BCUT2D eigenvalue weighted by Gasteiger charge is -2.08. The molecule has 0 spiro atoms. The van der Waals surface area contributed by atoms with Gasteiger partial charge in [0.2, 0.25) is 0 Å². The van der Waals surface area contributed by atoms with Gasteiger partial charge in [0.25, 0.3) is 5.56 Å². The third-order valence-electron chi connectivity index (χ3n) is 6.29. The summed E-state index contributed by atoms with van der Waals surface area (Å²) in [6, 6.07) is 0. The lowest BCUT2D eigenvalue weighted by Crippen LogP contribution is -2.39. The molecule has 1 N–H and O–H groups in total. The molecule has 0 aliphatic carbocycles. The van der Waals surface area contributed by atoms with Crippen molar-refractivity contribution in [2.75, 3.05) is 0 Å². The van der Waals surface area contributed by atoms with Gasteiger partial charge in [-0.25, -0.2) is 9.78 Å². The van der Waals surface area contributed by atoms with Crippen LogP contribution in [0.2, 0.25) is 0 Å². The maximum Gasteiger partial charge on any atom is 0.332 e. The van der Waals surface area contributed by atoms with Crippen molar-refractivity contribution in [1.82, 2.24) is 18.7 Å². The highest BCUT2D eigenvalue weighted by atomic mass is 16.4. The molecule has 32 heavy (non-hydrogen) atoms. The molecule has 0 fully saturated rings. The van der Waals surface area contributed by atoms with Gasteiger partial charge in [-0.15, -0.1) is 0 Å². The third-order valence-corrected chi connectivity index (χ3v) is 6.29. The monoisotopic (exact) mass is 447 g/mol. The fourth-order valence-corrected chi connectivity index (χ4v) is 4.24. The summed E-state index contributed by atoms with van der Waals surface area (Å²) in [7, 11) is 3.45. The van der Waals surface area contributed by atoms with Gasteiger partial charge >= 0.3 is 5.69 Å². The van der Waals surface area contributed by atoms with Crippen molar-refractivity contribution in [1.29, 1.82) is 0 Å². The van der Waals surface area contributed by atoms with Gasteiger partial charge in [-0.1, -0.05) is 75.8 Å². The second kappa shape index (κ2) is 13.9. The molecule has 0 unspecified atom stereocenters. The number of unbranched alkanes of at least 4 members (excludes halogenated alkanes) is 12. The van der Waals surface area contributed by atoms with Gasteiger partial charge < -0.3 is 9.77 Å². The first-order valence-corrected chi connectivity index (χ1v) is 12.3. The van der Waals surface area contributed by atoms with Crippen LogP contribution < -0.4 is 11.2 Å². The molecule has 0 saturated carbocycles. The van der Waals surface area contributed by atoms with E-state index in [9.17, 15) is 9.59 Å². The highest BCUT2D eigenvalue weighted by Gasteiger charge is 2.14. The lowest BCUT2D eigenvalue weighted by molar-refractivity contribution is 0.317. The van der Waals surface area contributed by atoms with Crippen LogP contribution in [0.3, 0.4) is 0 Å². The van der Waals surface area contributed by atoms with E-state index in [0.29, 0.717) is 17.7 Å². The number of rotatable bonds is 16. The van der Waals surface area contributed by atoms with Crippen LogP contribution in [0.4, 0.5) is 0 Å². The molecule has 0 amide bonds. The van der Waals surface area contributed by atoms with Crippen molar-refractivity contribution in [3.8, 4) is 0 Å². The molecule has 0 aliphatic rings. The highest BCUT2D eigenvalue weighted by molar-refractivity contribution is 5.81. The summed E-state index contributed by atoms with van der Waals surface area (Å²) in [6.45, 7) is 2.34. The zero-order valence-corrected chi connectivity index (χ0v) is 20.2. The number of imidazole rings is 1. The van der Waals surface area contributed by atoms with Crippen molar-refractivity contribution < 1.29 is 5.21 Å². The van der Waals surface area contributed by atoms with Gasteiger partial charge in [-0.2, -0.15) is 0 Å². The zero-order chi connectivity index (χ0) is 23.3. The summed E-state index contributed by atoms with van der Waals surface area (Å²) in [5.41, 5.74) is 1.24. The van der Waals surface area contributed by atoms with Crippen LogP contribution >= 0.6 is 0 Å². The van der Waals surface area contributed by atoms with Crippen LogP contribution in [0.1, 0.15) is 96.8 Å². The maximum absolute atomic E-state index is 12.7. The molecule has 180 valence electrons. The lowest BCUT2D eigenvalue weighted by atomic mass is 10.0. The van der Waals surface area contributed by atoms with Crippen LogP contribution in [0.15, 0.2) is 21.1 Å². The summed E-state index contributed by atoms with van der Waals surface area (Å²) in [5.74, 6) is 0. The minimum absolute atomic E-state index is 0.239. The third kappa shape index (κ3) is 7.64. The predicted molar refractivity (Wildman–Crippen MR) is 130 cm³/mol. The van der Waals surface area contributed by atoms with Crippen LogP contribution in [0, 0.1) is 0 Å². The van der Waals surface area contributed by atoms with Crippen LogP contribution in [-0.2, 0) is 20.6 Å². The molecule has 0 bridgehead atoms. The molecule has 0 saturated heterocycles. The molecular weight excluding hydrogens is 406 g/mol. The highest BCUT2D eigenvalue weighted by Crippen LogP contribution is 2.13. The van der Waals surface area contributed by atoms with E-state index in [1.54, 1.807) is 25.0 Å². The molecular formula is C24H41N5O3. The molecule has 2 aromatic heterocycles. The SMILES string of the molecule is C/C(CCCCCCCCCCCCCCCn1c(=O)c2c(ncn2C)n(C)c1=O)=N\O. The first kappa shape index (κ1) is 25.9. The summed E-state index contributed by atoms with van der Waals surface area (Å²) < 4.78 is 4.50. The molecule has 0 aliphatic heterocycles. The number of hydrogen-bond acceptors (Lipinski definition) is 5. The number of hydrogen-bond donors (Lipinski definition) is 1. The molecule has 0 aromatic carbocycles. The van der Waals surface area contributed by atoms with Gasteiger partial charge in [0.1, 0.15) is 0 Å². The Labute approximate surface area is 191 Å². The summed E-state index contributed by atoms with van der Waals surface area (Å²) in [5, 5.41) is 11.8. The maximum atomic E-state index is 12.7. The quantitative estimate of drug-likeness (QED) is 0.174. The van der Waals surface area contributed by atoms with Gasteiger partial charge in [0.15, 0.2) is 11.2 Å². The standard InChI is InChI=1S/C24H41N5O3/c1-20(26-32)17-15-13-11-9-7-5-4-6-8-10-12-14-16-18-29-23(30)21-22(25-19-27(21)2)28(3)24(29)31/h19,32H,4-18H2,1-3H3/b26-20+. The number of fused-ring (bicyclic) bond motifs is 1. The molecule has 2 aromatic rings. The summed E-state index contributed by atoms with van der Waals surface area (Å²) >= 11 is 0. The Bertz CT molecular complexity index is 970. The zero-order valence-electron chi connectivity index (χ0n) is 20.2. The first-order chi connectivity index (χ1) is 15.5. The minimum Gasteiger partial charge on any atom is -0.411 e. The second-order valence-electron chi connectivity index (χ2n) is 9.01. The van der Waals surface area contributed by atoms with Gasteiger partial charge in [-0.05, 0) is 26.2 Å². The topological polar surface area (TPSA) is 94.4 Å². The summed E-state index contributed by atoms with van der Waals surface area (Å²) in [4.78, 5) is 29.3. The van der Waals surface area contributed by atoms with Crippen LogP contribution in [0.5, 0.6) is 0 Å². The smallest absolute Gasteiger partial charge is 0.332 e. The predicted octanol–water partition coefficient (Wildman–Crippen LogP) is 4.75. The summed E-state index contributed by atoms with van der Waals surface area (Å²) in [6.07, 6.45) is 18.2. The van der Waals surface area contributed by atoms with Crippen molar-refractivity contribution in [3.63, 3.8) is 0 Å². The number of aryl methyl sites for hydroxylation is 2. The van der Waals surface area contributed by atoms with Crippen molar-refractivity contribution in [3.05, 3.63) is 27.2 Å². The number of aromatic nitrogens is 4. The Morgan fingerprint density at radius 2 is 1.38 bits per heavy atom. The molecule has 0 atom stereocenters. The Kier molecular flexibility index (Phi) is 11.2.